The van der Waals surface area contributed by atoms with Gasteiger partial charge in [-0.25, -0.2) is 0 Å². The Labute approximate surface area is 145 Å². The molecule has 1 saturated heterocycles. The van der Waals surface area contributed by atoms with Gasteiger partial charge in [-0.1, -0.05) is 32.0 Å². The third-order valence-electron chi connectivity index (χ3n) is 5.06. The summed E-state index contributed by atoms with van der Waals surface area (Å²) in [5.41, 5.74) is 3.07. The van der Waals surface area contributed by atoms with Gasteiger partial charge < -0.3 is 9.80 Å². The fourth-order valence-corrected chi connectivity index (χ4v) is 3.72. The normalized spacial score (nSPS) is 17.7. The van der Waals surface area contributed by atoms with Crippen molar-refractivity contribution in [3.05, 3.63) is 29.3 Å². The Bertz CT molecular complexity index is 597. The van der Waals surface area contributed by atoms with Crippen LogP contribution in [-0.4, -0.2) is 35.8 Å². The lowest BCUT2D eigenvalue weighted by atomic mass is 9.99. The van der Waals surface area contributed by atoms with Gasteiger partial charge in [-0.15, -0.1) is 0 Å². The third kappa shape index (κ3) is 3.97. The second kappa shape index (κ2) is 8.32. The molecule has 0 saturated carbocycles. The molecule has 24 heavy (non-hydrogen) atoms. The van der Waals surface area contributed by atoms with Gasteiger partial charge in [-0.2, -0.15) is 0 Å². The Morgan fingerprint density at radius 3 is 2.62 bits per heavy atom. The Morgan fingerprint density at radius 2 is 2.00 bits per heavy atom. The summed E-state index contributed by atoms with van der Waals surface area (Å²) in [6.07, 6.45) is 5.16. The molecule has 1 aliphatic heterocycles. The van der Waals surface area contributed by atoms with Crippen molar-refractivity contribution >= 4 is 17.5 Å². The number of hydrogen-bond acceptors (Lipinski definition) is 2. The van der Waals surface area contributed by atoms with Crippen LogP contribution < -0.4 is 4.90 Å². The zero-order valence-corrected chi connectivity index (χ0v) is 15.5. The maximum atomic E-state index is 12.9. The predicted molar refractivity (Wildman–Crippen MR) is 98.2 cm³/mol. The predicted octanol–water partition coefficient (Wildman–Crippen LogP) is 3.70. The Morgan fingerprint density at radius 1 is 1.25 bits per heavy atom. The molecule has 1 aliphatic rings. The van der Waals surface area contributed by atoms with Gasteiger partial charge in [-0.3, -0.25) is 9.59 Å². The van der Waals surface area contributed by atoms with Crippen molar-refractivity contribution in [1.82, 2.24) is 4.90 Å². The van der Waals surface area contributed by atoms with E-state index < -0.39 is 0 Å². The number of benzene rings is 1. The summed E-state index contributed by atoms with van der Waals surface area (Å²) in [4.78, 5) is 28.8. The summed E-state index contributed by atoms with van der Waals surface area (Å²) in [6, 6.07) is 6.38. The largest absolute Gasteiger partial charge is 0.338 e. The second-order valence-electron chi connectivity index (χ2n) is 6.69. The number of anilines is 1. The first-order valence-corrected chi connectivity index (χ1v) is 9.15. The van der Waals surface area contributed by atoms with Gasteiger partial charge in [0.05, 0.1) is 5.69 Å². The molecular weight excluding hydrogens is 300 g/mol. The maximum absolute atomic E-state index is 12.9. The van der Waals surface area contributed by atoms with Gasteiger partial charge in [0.2, 0.25) is 11.8 Å². The van der Waals surface area contributed by atoms with Crippen LogP contribution in [0.4, 0.5) is 5.69 Å². The molecule has 4 heteroatoms. The number of rotatable bonds is 5. The van der Waals surface area contributed by atoms with E-state index >= 15 is 0 Å². The highest BCUT2D eigenvalue weighted by Gasteiger charge is 2.28. The van der Waals surface area contributed by atoms with Crippen molar-refractivity contribution in [3.8, 4) is 0 Å². The summed E-state index contributed by atoms with van der Waals surface area (Å²) in [7, 11) is 0. The number of aryl methyl sites for hydroxylation is 2. The molecule has 1 aromatic carbocycles. The summed E-state index contributed by atoms with van der Waals surface area (Å²) in [5, 5.41) is 0. The molecule has 0 bridgehead atoms. The van der Waals surface area contributed by atoms with Crippen molar-refractivity contribution in [2.24, 2.45) is 0 Å². The van der Waals surface area contributed by atoms with Crippen LogP contribution in [-0.2, 0) is 16.0 Å². The monoisotopic (exact) mass is 330 g/mol. The van der Waals surface area contributed by atoms with Crippen LogP contribution in [0.25, 0.3) is 0 Å². The van der Waals surface area contributed by atoms with E-state index in [-0.39, 0.29) is 18.4 Å². The number of para-hydroxylation sites is 1. The molecule has 132 valence electrons. The van der Waals surface area contributed by atoms with E-state index in [2.05, 4.69) is 13.8 Å². The van der Waals surface area contributed by atoms with E-state index in [1.54, 1.807) is 11.8 Å². The average molecular weight is 330 g/mol. The minimum atomic E-state index is -0.0718. The van der Waals surface area contributed by atoms with Crippen molar-refractivity contribution in [3.63, 3.8) is 0 Å². The molecule has 0 N–H and O–H groups in total. The molecule has 0 radical (unpaired) electrons. The minimum absolute atomic E-state index is 0.0713. The Kier molecular flexibility index (Phi) is 6.41. The molecule has 1 fully saturated rings. The van der Waals surface area contributed by atoms with E-state index in [4.69, 9.17) is 0 Å². The van der Waals surface area contributed by atoms with E-state index in [0.717, 1.165) is 49.0 Å². The lowest BCUT2D eigenvalue weighted by Gasteiger charge is -2.37. The summed E-state index contributed by atoms with van der Waals surface area (Å²) < 4.78 is 0. The molecule has 1 heterocycles. The van der Waals surface area contributed by atoms with E-state index in [1.165, 1.54) is 6.42 Å². The zero-order chi connectivity index (χ0) is 17.7. The number of carbonyl (C=O) groups is 2. The topological polar surface area (TPSA) is 40.6 Å². The fraction of sp³-hybridized carbons (Fsp3) is 0.600. The van der Waals surface area contributed by atoms with E-state index in [1.807, 2.05) is 30.0 Å². The van der Waals surface area contributed by atoms with E-state index in [0.29, 0.717) is 6.04 Å². The fourth-order valence-electron chi connectivity index (χ4n) is 3.72. The highest BCUT2D eigenvalue weighted by Crippen LogP contribution is 2.27. The molecule has 1 unspecified atom stereocenters. The molecule has 2 amide bonds. The van der Waals surface area contributed by atoms with Crippen LogP contribution in [0.15, 0.2) is 18.2 Å². The van der Waals surface area contributed by atoms with Gasteiger partial charge >= 0.3 is 0 Å². The van der Waals surface area contributed by atoms with Gasteiger partial charge in [0, 0.05) is 19.5 Å². The van der Waals surface area contributed by atoms with Crippen LogP contribution in [0.1, 0.15) is 57.6 Å². The molecule has 0 aromatic heterocycles. The van der Waals surface area contributed by atoms with Crippen LogP contribution in [0, 0.1) is 6.92 Å². The standard InChI is InChI=1S/C20H30N2O2/c1-5-17-11-9-10-15(3)20(17)22(16(4)23)14-19(24)21-13-8-7-12-18(21)6-2/h9-11,18H,5-8,12-14H2,1-4H3. The maximum Gasteiger partial charge on any atom is 0.242 e. The molecule has 1 atom stereocenters. The molecular formula is C20H30N2O2. The first kappa shape index (κ1) is 18.5. The lowest BCUT2D eigenvalue weighted by molar-refractivity contribution is -0.134. The smallest absolute Gasteiger partial charge is 0.242 e. The summed E-state index contributed by atoms with van der Waals surface area (Å²) in [5.74, 6) is -0.000496. The van der Waals surface area contributed by atoms with Crippen molar-refractivity contribution < 1.29 is 9.59 Å². The van der Waals surface area contributed by atoms with Crippen molar-refractivity contribution in [1.29, 1.82) is 0 Å². The Hall–Kier alpha value is -1.84. The summed E-state index contributed by atoms with van der Waals surface area (Å²) >= 11 is 0. The average Bonchev–Trinajstić information content (AvgIpc) is 2.59. The zero-order valence-electron chi connectivity index (χ0n) is 15.5. The number of carbonyl (C=O) groups excluding carboxylic acids is 2. The Balaban J connectivity index is 2.26. The molecule has 0 aliphatic carbocycles. The lowest BCUT2D eigenvalue weighted by Crippen LogP contribution is -2.49. The van der Waals surface area contributed by atoms with Crippen molar-refractivity contribution in [2.75, 3.05) is 18.0 Å². The summed E-state index contributed by atoms with van der Waals surface area (Å²) in [6.45, 7) is 8.73. The van der Waals surface area contributed by atoms with Crippen molar-refractivity contribution in [2.45, 2.75) is 65.8 Å². The molecule has 1 aromatic rings. The number of likely N-dealkylation sites (tertiary alicyclic amines) is 1. The van der Waals surface area contributed by atoms with E-state index in [9.17, 15) is 9.59 Å². The highest BCUT2D eigenvalue weighted by atomic mass is 16.2. The number of nitrogens with zero attached hydrogens (tertiary/aromatic N) is 2. The van der Waals surface area contributed by atoms with Crippen LogP contribution in [0.5, 0.6) is 0 Å². The van der Waals surface area contributed by atoms with Gasteiger partial charge in [0.15, 0.2) is 0 Å². The second-order valence-corrected chi connectivity index (χ2v) is 6.69. The molecule has 0 spiro atoms. The number of amides is 2. The quantitative estimate of drug-likeness (QED) is 0.826. The molecule has 4 nitrogen and oxygen atoms in total. The van der Waals surface area contributed by atoms with Crippen LogP contribution >= 0.6 is 0 Å². The van der Waals surface area contributed by atoms with Crippen LogP contribution in [0.2, 0.25) is 0 Å². The van der Waals surface area contributed by atoms with Gasteiger partial charge in [0.1, 0.15) is 6.54 Å². The first-order valence-electron chi connectivity index (χ1n) is 9.15. The SMILES string of the molecule is CCc1cccc(C)c1N(CC(=O)N1CCCCC1CC)C(C)=O. The minimum Gasteiger partial charge on any atom is -0.338 e. The number of piperidine rings is 1. The van der Waals surface area contributed by atoms with Gasteiger partial charge in [0.25, 0.3) is 0 Å². The van der Waals surface area contributed by atoms with Crippen LogP contribution in [0.3, 0.4) is 0 Å². The number of hydrogen-bond donors (Lipinski definition) is 0. The first-order chi connectivity index (χ1) is 11.5. The van der Waals surface area contributed by atoms with Gasteiger partial charge in [-0.05, 0) is 50.2 Å². The third-order valence-corrected chi connectivity index (χ3v) is 5.06. The highest BCUT2D eigenvalue weighted by molar-refractivity contribution is 5.98. The molecule has 2 rings (SSSR count).